The van der Waals surface area contributed by atoms with Crippen molar-refractivity contribution in [1.82, 2.24) is 4.90 Å². The van der Waals surface area contributed by atoms with Crippen LogP contribution in [-0.2, 0) is 9.59 Å². The molecule has 1 saturated carbocycles. The molecular formula is C18H24N2O3. The minimum absolute atomic E-state index is 0.0166. The molecular weight excluding hydrogens is 292 g/mol. The predicted molar refractivity (Wildman–Crippen MR) is 87.8 cm³/mol. The number of rotatable bonds is 3. The Balaban J connectivity index is 1.52. The van der Waals surface area contributed by atoms with Gasteiger partial charge in [-0.3, -0.25) is 9.59 Å². The highest BCUT2D eigenvalue weighted by atomic mass is 16.3. The van der Waals surface area contributed by atoms with Gasteiger partial charge >= 0.3 is 0 Å². The molecule has 2 N–H and O–H groups in total. The highest BCUT2D eigenvalue weighted by Crippen LogP contribution is 2.32. The van der Waals surface area contributed by atoms with Gasteiger partial charge in [-0.25, -0.2) is 0 Å². The average Bonchev–Trinajstić information content (AvgIpc) is 3.03. The van der Waals surface area contributed by atoms with Crippen molar-refractivity contribution in [2.45, 2.75) is 44.1 Å². The van der Waals surface area contributed by atoms with Crippen LogP contribution in [0.1, 0.15) is 38.5 Å². The van der Waals surface area contributed by atoms with Crippen molar-refractivity contribution >= 4 is 17.5 Å². The Morgan fingerprint density at radius 1 is 1.09 bits per heavy atom. The topological polar surface area (TPSA) is 69.6 Å². The summed E-state index contributed by atoms with van der Waals surface area (Å²) in [6.45, 7) is 1.10. The van der Waals surface area contributed by atoms with E-state index in [1.165, 1.54) is 0 Å². The fourth-order valence-corrected chi connectivity index (χ4v) is 3.58. The first-order chi connectivity index (χ1) is 11.1. The van der Waals surface area contributed by atoms with Gasteiger partial charge < -0.3 is 15.3 Å². The van der Waals surface area contributed by atoms with Crippen molar-refractivity contribution in [1.29, 1.82) is 0 Å². The zero-order valence-corrected chi connectivity index (χ0v) is 13.3. The van der Waals surface area contributed by atoms with E-state index in [1.807, 2.05) is 30.3 Å². The van der Waals surface area contributed by atoms with Crippen LogP contribution < -0.4 is 5.32 Å². The summed E-state index contributed by atoms with van der Waals surface area (Å²) < 4.78 is 0. The smallest absolute Gasteiger partial charge is 0.254 e. The molecule has 2 fully saturated rings. The summed E-state index contributed by atoms with van der Waals surface area (Å²) in [5, 5.41) is 13.3. The first-order valence-electron chi connectivity index (χ1n) is 8.46. The minimum Gasteiger partial charge on any atom is -0.380 e. The molecule has 5 heteroatoms. The van der Waals surface area contributed by atoms with Gasteiger partial charge in [-0.2, -0.15) is 0 Å². The minimum atomic E-state index is -1.15. The number of anilines is 1. The van der Waals surface area contributed by atoms with E-state index in [-0.39, 0.29) is 17.7 Å². The highest BCUT2D eigenvalue weighted by Gasteiger charge is 2.42. The van der Waals surface area contributed by atoms with Gasteiger partial charge in [0, 0.05) is 24.7 Å². The van der Waals surface area contributed by atoms with Gasteiger partial charge in [-0.1, -0.05) is 18.2 Å². The predicted octanol–water partition coefficient (Wildman–Crippen LogP) is 2.17. The van der Waals surface area contributed by atoms with Gasteiger partial charge in [0.15, 0.2) is 0 Å². The molecule has 0 unspecified atom stereocenters. The molecule has 2 amide bonds. The molecule has 2 aliphatic rings. The van der Waals surface area contributed by atoms with Gasteiger partial charge in [0.05, 0.1) is 0 Å². The summed E-state index contributed by atoms with van der Waals surface area (Å²) in [6, 6.07) is 9.42. The van der Waals surface area contributed by atoms with E-state index in [2.05, 4.69) is 5.32 Å². The number of nitrogens with zero attached hydrogens (tertiary/aromatic N) is 1. The lowest BCUT2D eigenvalue weighted by Crippen LogP contribution is -2.51. The molecule has 0 spiro atoms. The zero-order chi connectivity index (χ0) is 16.3. The number of amides is 2. The summed E-state index contributed by atoms with van der Waals surface area (Å²) in [4.78, 5) is 26.5. The molecule has 1 heterocycles. The van der Waals surface area contributed by atoms with E-state index in [4.69, 9.17) is 0 Å². The summed E-state index contributed by atoms with van der Waals surface area (Å²) in [6.07, 6.45) is 4.28. The van der Waals surface area contributed by atoms with E-state index in [1.54, 1.807) is 4.90 Å². The second kappa shape index (κ2) is 6.71. The fraction of sp³-hybridized carbons (Fsp3) is 0.556. The van der Waals surface area contributed by atoms with Crippen LogP contribution in [0.4, 0.5) is 5.69 Å². The number of nitrogens with one attached hydrogen (secondary N) is 1. The Kier molecular flexibility index (Phi) is 4.66. The maximum atomic E-state index is 12.5. The number of aliphatic hydroxyl groups is 1. The Bertz CT molecular complexity index is 559. The van der Waals surface area contributed by atoms with Crippen molar-refractivity contribution < 1.29 is 14.7 Å². The van der Waals surface area contributed by atoms with Crippen molar-refractivity contribution in [2.24, 2.45) is 5.92 Å². The van der Waals surface area contributed by atoms with Crippen LogP contribution in [0.15, 0.2) is 30.3 Å². The Morgan fingerprint density at radius 2 is 1.70 bits per heavy atom. The van der Waals surface area contributed by atoms with E-state index in [0.29, 0.717) is 38.8 Å². The zero-order valence-electron chi connectivity index (χ0n) is 13.3. The molecule has 1 aromatic carbocycles. The van der Waals surface area contributed by atoms with Crippen LogP contribution >= 0.6 is 0 Å². The van der Waals surface area contributed by atoms with E-state index in [9.17, 15) is 14.7 Å². The van der Waals surface area contributed by atoms with Gasteiger partial charge in [-0.15, -0.1) is 0 Å². The van der Waals surface area contributed by atoms with Gasteiger partial charge in [-0.05, 0) is 50.7 Å². The SMILES string of the molecule is O=C(Nc1ccccc1)C1CCN(C(=O)C2(O)CCCC2)CC1. The largest absolute Gasteiger partial charge is 0.380 e. The van der Waals surface area contributed by atoms with E-state index in [0.717, 1.165) is 18.5 Å². The molecule has 0 radical (unpaired) electrons. The van der Waals surface area contributed by atoms with Crippen molar-refractivity contribution in [3.63, 3.8) is 0 Å². The number of carbonyl (C=O) groups is 2. The summed E-state index contributed by atoms with van der Waals surface area (Å²) in [7, 11) is 0. The standard InChI is InChI=1S/C18H24N2O3/c21-16(19-15-6-2-1-3-7-15)14-8-12-20(13-9-14)17(22)18(23)10-4-5-11-18/h1-3,6-7,14,23H,4-5,8-13H2,(H,19,21). The van der Waals surface area contributed by atoms with Crippen molar-refractivity contribution in [3.8, 4) is 0 Å². The maximum Gasteiger partial charge on any atom is 0.254 e. The number of benzene rings is 1. The number of hydrogen-bond acceptors (Lipinski definition) is 3. The van der Waals surface area contributed by atoms with Gasteiger partial charge in [0.25, 0.3) is 5.91 Å². The summed E-state index contributed by atoms with van der Waals surface area (Å²) >= 11 is 0. The van der Waals surface area contributed by atoms with Crippen LogP contribution in [0.25, 0.3) is 0 Å². The first kappa shape index (κ1) is 16.0. The molecule has 124 valence electrons. The Morgan fingerprint density at radius 3 is 2.30 bits per heavy atom. The molecule has 1 aliphatic heterocycles. The molecule has 0 aromatic heterocycles. The average molecular weight is 316 g/mol. The highest BCUT2D eigenvalue weighted by molar-refractivity contribution is 5.93. The molecule has 3 rings (SSSR count). The van der Waals surface area contributed by atoms with E-state index < -0.39 is 5.60 Å². The number of para-hydroxylation sites is 1. The van der Waals surface area contributed by atoms with Crippen LogP contribution in [0.2, 0.25) is 0 Å². The monoisotopic (exact) mass is 316 g/mol. The molecule has 1 aliphatic carbocycles. The van der Waals surface area contributed by atoms with Crippen LogP contribution in [-0.4, -0.2) is 40.5 Å². The number of likely N-dealkylation sites (tertiary alicyclic amines) is 1. The number of hydrogen-bond donors (Lipinski definition) is 2. The molecule has 0 atom stereocenters. The fourth-order valence-electron chi connectivity index (χ4n) is 3.58. The molecule has 1 saturated heterocycles. The molecule has 1 aromatic rings. The Labute approximate surface area is 136 Å². The third-order valence-electron chi connectivity index (χ3n) is 5.02. The van der Waals surface area contributed by atoms with Crippen LogP contribution in [0.3, 0.4) is 0 Å². The lowest BCUT2D eigenvalue weighted by Gasteiger charge is -2.35. The second-order valence-corrected chi connectivity index (χ2v) is 6.66. The maximum absolute atomic E-state index is 12.5. The normalized spacial score (nSPS) is 21.2. The van der Waals surface area contributed by atoms with Gasteiger partial charge in [0.1, 0.15) is 5.60 Å². The Hall–Kier alpha value is -1.88. The third-order valence-corrected chi connectivity index (χ3v) is 5.02. The molecule has 0 bridgehead atoms. The first-order valence-corrected chi connectivity index (χ1v) is 8.46. The lowest BCUT2D eigenvalue weighted by molar-refractivity contribution is -0.152. The molecule has 23 heavy (non-hydrogen) atoms. The van der Waals surface area contributed by atoms with E-state index >= 15 is 0 Å². The summed E-state index contributed by atoms with van der Waals surface area (Å²) in [5.74, 6) is -0.197. The van der Waals surface area contributed by atoms with Crippen molar-refractivity contribution in [2.75, 3.05) is 18.4 Å². The number of carbonyl (C=O) groups excluding carboxylic acids is 2. The number of piperidine rings is 1. The quantitative estimate of drug-likeness (QED) is 0.898. The summed E-state index contributed by atoms with van der Waals surface area (Å²) in [5.41, 5.74) is -0.352. The lowest BCUT2D eigenvalue weighted by atomic mass is 9.93. The third kappa shape index (κ3) is 3.55. The molecule has 5 nitrogen and oxygen atoms in total. The van der Waals surface area contributed by atoms with Gasteiger partial charge in [0.2, 0.25) is 5.91 Å². The van der Waals surface area contributed by atoms with Crippen LogP contribution in [0, 0.1) is 5.92 Å². The van der Waals surface area contributed by atoms with Crippen LogP contribution in [0.5, 0.6) is 0 Å². The second-order valence-electron chi connectivity index (χ2n) is 6.66. The van der Waals surface area contributed by atoms with Crippen molar-refractivity contribution in [3.05, 3.63) is 30.3 Å².